The van der Waals surface area contributed by atoms with E-state index in [-0.39, 0.29) is 6.10 Å². The van der Waals surface area contributed by atoms with Crippen molar-refractivity contribution in [2.75, 3.05) is 0 Å². The molecular weight excluding hydrogens is 212 g/mol. The molecule has 0 saturated heterocycles. The van der Waals surface area contributed by atoms with Gasteiger partial charge in [0.25, 0.3) is 0 Å². The summed E-state index contributed by atoms with van der Waals surface area (Å²) >= 11 is 0. The highest BCUT2D eigenvalue weighted by Gasteiger charge is 2.15. The zero-order chi connectivity index (χ0) is 12.0. The molecule has 0 spiro atoms. The molecule has 1 aromatic rings. The van der Waals surface area contributed by atoms with Gasteiger partial charge in [-0.1, -0.05) is 51.5 Å². The summed E-state index contributed by atoms with van der Waals surface area (Å²) in [7, 11) is 3.18. The lowest BCUT2D eigenvalue weighted by Gasteiger charge is -2.21. The Morgan fingerprint density at radius 1 is 1.19 bits per heavy atom. The first-order chi connectivity index (χ1) is 7.74. The van der Waals surface area contributed by atoms with Gasteiger partial charge in [-0.2, -0.15) is 0 Å². The third-order valence-electron chi connectivity index (χ3n) is 3.11. The van der Waals surface area contributed by atoms with E-state index in [4.69, 9.17) is 4.43 Å². The van der Waals surface area contributed by atoms with Gasteiger partial charge in [0.2, 0.25) is 10.5 Å². The molecule has 0 fully saturated rings. The standard InChI is InChI=1S/C14H21OSi/c1-4-8-11(3)12-9-6-7-10-13(12)14(5-2)15-16/h6-7,9-11,14H,4-5,8H2,1-3H3. The summed E-state index contributed by atoms with van der Waals surface area (Å²) in [4.78, 5) is 0. The first-order valence-corrected chi connectivity index (χ1v) is 6.56. The van der Waals surface area contributed by atoms with Crippen LogP contribution < -0.4 is 0 Å². The Labute approximate surface area is 103 Å². The molecule has 0 aliphatic carbocycles. The van der Waals surface area contributed by atoms with Crippen LogP contribution in [0.1, 0.15) is 63.2 Å². The van der Waals surface area contributed by atoms with Gasteiger partial charge in [0, 0.05) is 0 Å². The predicted octanol–water partition coefficient (Wildman–Crippen LogP) is 4.14. The molecular formula is C14H21OSi. The molecule has 1 rings (SSSR count). The number of rotatable bonds is 6. The van der Waals surface area contributed by atoms with Crippen LogP contribution in [-0.2, 0) is 4.43 Å². The van der Waals surface area contributed by atoms with Crippen molar-refractivity contribution in [3.63, 3.8) is 0 Å². The van der Waals surface area contributed by atoms with Gasteiger partial charge in [-0.3, -0.25) is 0 Å². The van der Waals surface area contributed by atoms with Gasteiger partial charge in [-0.05, 0) is 29.9 Å². The molecule has 2 atom stereocenters. The van der Waals surface area contributed by atoms with Crippen LogP contribution in [0.25, 0.3) is 0 Å². The fourth-order valence-electron chi connectivity index (χ4n) is 2.21. The Morgan fingerprint density at radius 2 is 1.81 bits per heavy atom. The van der Waals surface area contributed by atoms with Gasteiger partial charge in [0.05, 0.1) is 6.10 Å². The molecule has 1 nitrogen and oxygen atoms in total. The summed E-state index contributed by atoms with van der Waals surface area (Å²) in [5.41, 5.74) is 2.75. The highest BCUT2D eigenvalue weighted by molar-refractivity contribution is 5.98. The minimum Gasteiger partial charge on any atom is -0.412 e. The fourth-order valence-corrected chi connectivity index (χ4v) is 2.50. The Bertz CT molecular complexity index is 307. The molecule has 2 heteroatoms. The van der Waals surface area contributed by atoms with Crippen LogP contribution in [0.15, 0.2) is 24.3 Å². The average molecular weight is 233 g/mol. The van der Waals surface area contributed by atoms with Crippen molar-refractivity contribution in [2.24, 2.45) is 0 Å². The average Bonchev–Trinajstić information content (AvgIpc) is 2.31. The SMILES string of the molecule is CCCC(C)c1ccccc1C(CC)O[Si]. The molecule has 87 valence electrons. The monoisotopic (exact) mass is 233 g/mol. The molecule has 0 saturated carbocycles. The number of hydrogen-bond donors (Lipinski definition) is 0. The third-order valence-corrected chi connectivity index (χ3v) is 3.39. The summed E-state index contributed by atoms with van der Waals surface area (Å²) < 4.78 is 5.36. The van der Waals surface area contributed by atoms with E-state index in [1.54, 1.807) is 0 Å². The zero-order valence-corrected chi connectivity index (χ0v) is 11.5. The van der Waals surface area contributed by atoms with E-state index in [2.05, 4.69) is 55.5 Å². The Hall–Kier alpha value is -0.603. The maximum absolute atomic E-state index is 5.36. The molecule has 0 heterocycles. The van der Waals surface area contributed by atoms with E-state index in [0.29, 0.717) is 5.92 Å². The maximum atomic E-state index is 5.36. The van der Waals surface area contributed by atoms with Crippen LogP contribution in [0.5, 0.6) is 0 Å². The first kappa shape index (κ1) is 13.5. The molecule has 2 unspecified atom stereocenters. The molecule has 3 radical (unpaired) electrons. The summed E-state index contributed by atoms with van der Waals surface area (Å²) in [6.45, 7) is 6.67. The molecule has 1 aromatic carbocycles. The van der Waals surface area contributed by atoms with E-state index < -0.39 is 0 Å². The van der Waals surface area contributed by atoms with Crippen molar-refractivity contribution in [3.05, 3.63) is 35.4 Å². The second-order valence-corrected chi connectivity index (χ2v) is 4.57. The van der Waals surface area contributed by atoms with Gasteiger partial charge in [-0.25, -0.2) is 0 Å². The molecule has 0 bridgehead atoms. The summed E-state index contributed by atoms with van der Waals surface area (Å²) in [5, 5.41) is 0. The van der Waals surface area contributed by atoms with E-state index in [1.807, 2.05) is 0 Å². The van der Waals surface area contributed by atoms with Crippen LogP contribution in [0.3, 0.4) is 0 Å². The van der Waals surface area contributed by atoms with Gasteiger partial charge in [0.15, 0.2) is 0 Å². The van der Waals surface area contributed by atoms with Gasteiger partial charge in [-0.15, -0.1) is 0 Å². The second-order valence-electron chi connectivity index (χ2n) is 4.33. The highest BCUT2D eigenvalue weighted by atomic mass is 28.2. The van der Waals surface area contributed by atoms with E-state index in [9.17, 15) is 0 Å². The van der Waals surface area contributed by atoms with Gasteiger partial charge < -0.3 is 4.43 Å². The van der Waals surface area contributed by atoms with Gasteiger partial charge >= 0.3 is 0 Å². The van der Waals surface area contributed by atoms with Crippen molar-refractivity contribution < 1.29 is 4.43 Å². The number of benzene rings is 1. The van der Waals surface area contributed by atoms with Crippen molar-refractivity contribution in [3.8, 4) is 0 Å². The summed E-state index contributed by atoms with van der Waals surface area (Å²) in [6, 6.07) is 8.61. The largest absolute Gasteiger partial charge is 0.412 e. The van der Waals surface area contributed by atoms with Crippen LogP contribution in [0.4, 0.5) is 0 Å². The second kappa shape index (κ2) is 6.87. The fraction of sp³-hybridized carbons (Fsp3) is 0.571. The lowest BCUT2D eigenvalue weighted by molar-refractivity contribution is 0.220. The van der Waals surface area contributed by atoms with Crippen LogP contribution in [-0.4, -0.2) is 10.5 Å². The van der Waals surface area contributed by atoms with E-state index in [1.165, 1.54) is 24.0 Å². The van der Waals surface area contributed by atoms with Crippen LogP contribution in [0.2, 0.25) is 0 Å². The quantitative estimate of drug-likeness (QED) is 0.671. The molecule has 0 N–H and O–H groups in total. The minimum absolute atomic E-state index is 0.159. The third kappa shape index (κ3) is 3.19. The maximum Gasteiger partial charge on any atom is 0.247 e. The van der Waals surface area contributed by atoms with E-state index in [0.717, 1.165) is 6.42 Å². The number of hydrogen-bond acceptors (Lipinski definition) is 1. The Balaban J connectivity index is 2.98. The smallest absolute Gasteiger partial charge is 0.247 e. The molecule has 0 amide bonds. The molecule has 0 aromatic heterocycles. The zero-order valence-electron chi connectivity index (χ0n) is 10.5. The highest BCUT2D eigenvalue weighted by Crippen LogP contribution is 2.30. The molecule has 0 aliphatic heterocycles. The van der Waals surface area contributed by atoms with Crippen molar-refractivity contribution in [1.29, 1.82) is 0 Å². The Kier molecular flexibility index (Phi) is 5.78. The summed E-state index contributed by atoms with van der Waals surface area (Å²) in [6.07, 6.45) is 3.60. The normalized spacial score (nSPS) is 14.8. The molecule has 16 heavy (non-hydrogen) atoms. The van der Waals surface area contributed by atoms with Crippen LogP contribution >= 0.6 is 0 Å². The minimum atomic E-state index is 0.159. The van der Waals surface area contributed by atoms with Gasteiger partial charge in [0.1, 0.15) is 0 Å². The Morgan fingerprint density at radius 3 is 2.31 bits per heavy atom. The topological polar surface area (TPSA) is 9.23 Å². The van der Waals surface area contributed by atoms with Crippen molar-refractivity contribution >= 4 is 10.5 Å². The van der Waals surface area contributed by atoms with Crippen LogP contribution in [0, 0.1) is 0 Å². The summed E-state index contributed by atoms with van der Waals surface area (Å²) in [5.74, 6) is 0.608. The predicted molar refractivity (Wildman–Crippen MR) is 69.6 cm³/mol. The van der Waals surface area contributed by atoms with Crippen molar-refractivity contribution in [2.45, 2.75) is 52.1 Å². The lowest BCUT2D eigenvalue weighted by atomic mass is 9.89. The van der Waals surface area contributed by atoms with E-state index >= 15 is 0 Å². The van der Waals surface area contributed by atoms with Crippen molar-refractivity contribution in [1.82, 2.24) is 0 Å². The lowest BCUT2D eigenvalue weighted by Crippen LogP contribution is -2.06. The first-order valence-electron chi connectivity index (χ1n) is 6.15. The molecule has 0 aliphatic rings.